The summed E-state index contributed by atoms with van der Waals surface area (Å²) in [6.45, 7) is 0.259. The van der Waals surface area contributed by atoms with E-state index in [0.29, 0.717) is 11.7 Å². The van der Waals surface area contributed by atoms with Crippen LogP contribution in [0.2, 0.25) is 0 Å². The van der Waals surface area contributed by atoms with Gasteiger partial charge in [0.1, 0.15) is 24.6 Å². The van der Waals surface area contributed by atoms with E-state index < -0.39 is 0 Å². The number of furan rings is 1. The lowest BCUT2D eigenvalue weighted by atomic mass is 10.0. The van der Waals surface area contributed by atoms with Gasteiger partial charge in [0.2, 0.25) is 5.91 Å². The highest BCUT2D eigenvalue weighted by Crippen LogP contribution is 2.48. The number of allylic oxidation sites excluding steroid dienone is 3. The van der Waals surface area contributed by atoms with Crippen LogP contribution in [0.4, 0.5) is 0 Å². The van der Waals surface area contributed by atoms with Crippen LogP contribution < -0.4 is 10.6 Å². The number of carbonyl (C=O) groups is 1. The smallest absolute Gasteiger partial charge is 0.249 e. The van der Waals surface area contributed by atoms with E-state index in [4.69, 9.17) is 9.15 Å². The van der Waals surface area contributed by atoms with Crippen molar-refractivity contribution in [3.8, 4) is 0 Å². The van der Waals surface area contributed by atoms with Gasteiger partial charge in [0.15, 0.2) is 0 Å². The average molecular weight is 350 g/mol. The number of benzene rings is 1. The lowest BCUT2D eigenvalue weighted by Gasteiger charge is -2.13. The SMILES string of the molecule is CNC12C=CC(/C=C/NC(=O)COCc3cc4ccccc4o3)=CC1C2. The summed E-state index contributed by atoms with van der Waals surface area (Å²) in [5, 5.41) is 7.11. The first kappa shape index (κ1) is 16.8. The molecule has 1 aromatic heterocycles. The maximum absolute atomic E-state index is 11.9. The molecule has 0 spiro atoms. The molecule has 0 radical (unpaired) electrons. The molecule has 2 aliphatic rings. The highest BCUT2D eigenvalue weighted by atomic mass is 16.5. The van der Waals surface area contributed by atoms with Crippen LogP contribution in [0.15, 0.2) is 70.8 Å². The third-order valence-electron chi connectivity index (χ3n) is 4.97. The molecule has 2 unspecified atom stereocenters. The van der Waals surface area contributed by atoms with Crippen molar-refractivity contribution in [3.05, 3.63) is 72.2 Å². The number of ether oxygens (including phenoxy) is 1. The van der Waals surface area contributed by atoms with E-state index in [9.17, 15) is 4.79 Å². The molecule has 4 rings (SSSR count). The molecule has 0 aliphatic heterocycles. The van der Waals surface area contributed by atoms with Gasteiger partial charge in [-0.25, -0.2) is 0 Å². The van der Waals surface area contributed by atoms with Crippen molar-refractivity contribution in [1.82, 2.24) is 10.6 Å². The Morgan fingerprint density at radius 1 is 1.42 bits per heavy atom. The van der Waals surface area contributed by atoms with Gasteiger partial charge in [0, 0.05) is 23.0 Å². The molecule has 1 amide bonds. The lowest BCUT2D eigenvalue weighted by molar-refractivity contribution is -0.125. The van der Waals surface area contributed by atoms with Crippen molar-refractivity contribution in [2.45, 2.75) is 18.6 Å². The fourth-order valence-electron chi connectivity index (χ4n) is 3.34. The molecule has 2 atom stereocenters. The Morgan fingerprint density at radius 3 is 3.12 bits per heavy atom. The maximum atomic E-state index is 11.9. The van der Waals surface area contributed by atoms with Gasteiger partial charge in [0.25, 0.3) is 0 Å². The first-order valence-corrected chi connectivity index (χ1v) is 8.80. The minimum Gasteiger partial charge on any atom is -0.459 e. The summed E-state index contributed by atoms with van der Waals surface area (Å²) in [5.41, 5.74) is 2.11. The molecule has 1 saturated carbocycles. The number of nitrogens with one attached hydrogen (secondary N) is 2. The summed E-state index contributed by atoms with van der Waals surface area (Å²) in [6, 6.07) is 9.71. The van der Waals surface area contributed by atoms with E-state index in [1.807, 2.05) is 43.5 Å². The van der Waals surface area contributed by atoms with Crippen molar-refractivity contribution >= 4 is 16.9 Å². The first-order valence-electron chi connectivity index (χ1n) is 8.80. The monoisotopic (exact) mass is 350 g/mol. The molecular formula is C21H22N2O3. The Kier molecular flexibility index (Phi) is 4.49. The molecular weight excluding hydrogens is 328 g/mol. The largest absolute Gasteiger partial charge is 0.459 e. The number of fused-ring (bicyclic) bond motifs is 2. The number of hydrogen-bond donors (Lipinski definition) is 2. The fraction of sp³-hybridized carbons (Fsp3) is 0.286. The minimum atomic E-state index is -0.186. The van der Waals surface area contributed by atoms with Crippen molar-refractivity contribution in [1.29, 1.82) is 0 Å². The molecule has 26 heavy (non-hydrogen) atoms. The summed E-state index contributed by atoms with van der Waals surface area (Å²) in [4.78, 5) is 11.9. The highest BCUT2D eigenvalue weighted by molar-refractivity contribution is 5.78. The predicted molar refractivity (Wildman–Crippen MR) is 100 cm³/mol. The zero-order valence-electron chi connectivity index (χ0n) is 14.7. The van der Waals surface area contributed by atoms with Crippen molar-refractivity contribution in [2.75, 3.05) is 13.7 Å². The summed E-state index contributed by atoms with van der Waals surface area (Å²) in [6.07, 6.45) is 11.2. The second-order valence-electron chi connectivity index (χ2n) is 6.75. The Labute approximate surface area is 152 Å². The quantitative estimate of drug-likeness (QED) is 0.806. The van der Waals surface area contributed by atoms with Gasteiger partial charge >= 0.3 is 0 Å². The van der Waals surface area contributed by atoms with Crippen LogP contribution in [-0.2, 0) is 16.1 Å². The molecule has 5 nitrogen and oxygen atoms in total. The zero-order valence-corrected chi connectivity index (χ0v) is 14.7. The van der Waals surface area contributed by atoms with Crippen molar-refractivity contribution < 1.29 is 13.9 Å². The second-order valence-corrected chi connectivity index (χ2v) is 6.75. The van der Waals surface area contributed by atoms with Crippen molar-refractivity contribution in [3.63, 3.8) is 0 Å². The third kappa shape index (κ3) is 3.49. The molecule has 0 saturated heterocycles. The van der Waals surface area contributed by atoms with Crippen LogP contribution >= 0.6 is 0 Å². The summed E-state index contributed by atoms with van der Waals surface area (Å²) in [5.74, 6) is 1.08. The van der Waals surface area contributed by atoms with Crippen molar-refractivity contribution in [2.24, 2.45) is 5.92 Å². The van der Waals surface area contributed by atoms with E-state index in [2.05, 4.69) is 28.9 Å². The van der Waals surface area contributed by atoms with Gasteiger partial charge in [-0.15, -0.1) is 0 Å². The molecule has 2 aliphatic carbocycles. The topological polar surface area (TPSA) is 63.5 Å². The lowest BCUT2D eigenvalue weighted by Crippen LogP contribution is -2.28. The molecule has 0 bridgehead atoms. The fourth-order valence-corrected chi connectivity index (χ4v) is 3.34. The number of carbonyl (C=O) groups excluding carboxylic acids is 1. The van der Waals surface area contributed by atoms with Crippen LogP contribution in [0.25, 0.3) is 11.0 Å². The average Bonchev–Trinajstić information content (AvgIpc) is 3.23. The maximum Gasteiger partial charge on any atom is 0.249 e. The number of para-hydroxylation sites is 1. The van der Waals surface area contributed by atoms with Gasteiger partial charge in [-0.3, -0.25) is 4.79 Å². The Morgan fingerprint density at radius 2 is 2.31 bits per heavy atom. The Hall–Kier alpha value is -2.63. The number of hydrogen-bond acceptors (Lipinski definition) is 4. The zero-order chi connectivity index (χ0) is 18.0. The molecule has 5 heteroatoms. The van der Waals surface area contributed by atoms with Crippen LogP contribution in [0.3, 0.4) is 0 Å². The van der Waals surface area contributed by atoms with Gasteiger partial charge in [-0.05, 0) is 37.3 Å². The number of amides is 1. The summed E-state index contributed by atoms with van der Waals surface area (Å²) >= 11 is 0. The van der Waals surface area contributed by atoms with E-state index in [0.717, 1.165) is 23.0 Å². The van der Waals surface area contributed by atoms with Crippen LogP contribution in [0.1, 0.15) is 12.2 Å². The minimum absolute atomic E-state index is 0.0121. The Bertz CT molecular complexity index is 876. The third-order valence-corrected chi connectivity index (χ3v) is 4.97. The summed E-state index contributed by atoms with van der Waals surface area (Å²) < 4.78 is 11.1. The molecule has 1 aromatic carbocycles. The molecule has 2 aromatic rings. The van der Waals surface area contributed by atoms with E-state index in [1.165, 1.54) is 0 Å². The standard InChI is InChI=1S/C21H22N2O3/c1-22-21-8-6-15(10-17(21)12-21)7-9-23-20(24)14-25-13-18-11-16-4-2-3-5-19(16)26-18/h2-11,17,22H,12-14H2,1H3,(H,23,24)/b9-7+. The molecule has 1 heterocycles. The first-order chi connectivity index (χ1) is 12.7. The van der Waals surface area contributed by atoms with Gasteiger partial charge in [0.05, 0.1) is 0 Å². The van der Waals surface area contributed by atoms with Crippen LogP contribution in [0, 0.1) is 5.92 Å². The predicted octanol–water partition coefficient (Wildman–Crippen LogP) is 3.05. The van der Waals surface area contributed by atoms with E-state index >= 15 is 0 Å². The molecule has 2 N–H and O–H groups in total. The second kappa shape index (κ2) is 6.94. The Balaban J connectivity index is 1.20. The normalized spacial score (nSPS) is 23.9. The molecule has 134 valence electrons. The van der Waals surface area contributed by atoms with Crippen LogP contribution in [-0.4, -0.2) is 25.1 Å². The van der Waals surface area contributed by atoms with Gasteiger partial charge < -0.3 is 19.8 Å². The van der Waals surface area contributed by atoms with Crippen LogP contribution in [0.5, 0.6) is 0 Å². The van der Waals surface area contributed by atoms with Gasteiger partial charge in [-0.1, -0.05) is 36.4 Å². The number of likely N-dealkylation sites (N-methyl/N-ethyl adjacent to an activating group) is 1. The molecule has 1 fully saturated rings. The van der Waals surface area contributed by atoms with Gasteiger partial charge in [-0.2, -0.15) is 0 Å². The summed E-state index contributed by atoms with van der Waals surface area (Å²) in [7, 11) is 1.99. The highest BCUT2D eigenvalue weighted by Gasteiger charge is 2.50. The van der Waals surface area contributed by atoms with E-state index in [1.54, 1.807) is 6.20 Å². The number of rotatable bonds is 7. The van der Waals surface area contributed by atoms with E-state index in [-0.39, 0.29) is 24.7 Å².